The third-order valence-corrected chi connectivity index (χ3v) is 13.2. The Balaban J connectivity index is 1.39. The highest BCUT2D eigenvalue weighted by atomic mass is 16.3. The van der Waals surface area contributed by atoms with Gasteiger partial charge in [-0.1, -0.05) is 113 Å². The first-order valence-electron chi connectivity index (χ1n) is 19.5. The van der Waals surface area contributed by atoms with Crippen molar-refractivity contribution >= 4 is 172 Å². The number of furan rings is 1. The van der Waals surface area contributed by atoms with E-state index < -0.39 is 0 Å². The van der Waals surface area contributed by atoms with Gasteiger partial charge in [0.1, 0.15) is 73.9 Å². The van der Waals surface area contributed by atoms with Gasteiger partial charge in [-0.3, -0.25) is 0 Å². The lowest BCUT2D eigenvalue weighted by Crippen LogP contribution is -2.50. The topological polar surface area (TPSA) is 13.1 Å². The first-order valence-corrected chi connectivity index (χ1v) is 19.5. The van der Waals surface area contributed by atoms with Crippen molar-refractivity contribution in [1.29, 1.82) is 0 Å². The van der Waals surface area contributed by atoms with E-state index in [1.165, 1.54) is 126 Å². The van der Waals surface area contributed by atoms with Crippen LogP contribution in [0.2, 0.25) is 0 Å². The predicted octanol–water partition coefficient (Wildman–Crippen LogP) is -0.733. The van der Waals surface area contributed by atoms with Gasteiger partial charge in [-0.2, -0.15) is 0 Å². The van der Waals surface area contributed by atoms with E-state index in [0.29, 0.717) is 0 Å². The number of benzene rings is 9. The molecule has 0 unspecified atom stereocenters. The van der Waals surface area contributed by atoms with Crippen molar-refractivity contribution in [1.82, 2.24) is 0 Å². The average Bonchev–Trinajstić information content (AvgIpc) is 3.59. The lowest BCUT2D eigenvalue weighted by Gasteiger charge is -2.28. The van der Waals surface area contributed by atoms with E-state index in [9.17, 15) is 0 Å². The lowest BCUT2D eigenvalue weighted by molar-refractivity contribution is 0.669. The van der Waals surface area contributed by atoms with E-state index in [1.54, 1.807) is 0 Å². The molecule has 10 rings (SSSR count). The molecular formula is C46H36B8O. The maximum Gasteiger partial charge on any atom is 0.139 e. The summed E-state index contributed by atoms with van der Waals surface area (Å²) in [5.74, 6) is 0. The molecule has 0 amide bonds. The summed E-state index contributed by atoms with van der Waals surface area (Å²) in [6.45, 7) is 0. The van der Waals surface area contributed by atoms with Crippen molar-refractivity contribution < 1.29 is 4.42 Å². The smallest absolute Gasteiger partial charge is 0.139 e. The van der Waals surface area contributed by atoms with E-state index in [2.05, 4.69) is 184 Å². The Hall–Kier alpha value is -5.66. The van der Waals surface area contributed by atoms with Crippen LogP contribution in [0.25, 0.3) is 98.4 Å². The van der Waals surface area contributed by atoms with Crippen LogP contribution in [0.5, 0.6) is 0 Å². The Morgan fingerprint density at radius 1 is 0.309 bits per heavy atom. The second kappa shape index (κ2) is 12.4. The summed E-state index contributed by atoms with van der Waals surface area (Å²) in [5.41, 5.74) is 20.3. The van der Waals surface area contributed by atoms with E-state index >= 15 is 0 Å². The van der Waals surface area contributed by atoms with Crippen molar-refractivity contribution in [2.75, 3.05) is 0 Å². The second-order valence-electron chi connectivity index (χ2n) is 15.9. The highest BCUT2D eigenvalue weighted by Crippen LogP contribution is 2.45. The third-order valence-electron chi connectivity index (χ3n) is 13.2. The summed E-state index contributed by atoms with van der Waals surface area (Å²) in [7, 11) is 18.6. The van der Waals surface area contributed by atoms with Crippen molar-refractivity contribution in [2.45, 2.75) is 0 Å². The third kappa shape index (κ3) is 4.91. The largest absolute Gasteiger partial charge is 0.456 e. The van der Waals surface area contributed by atoms with Crippen LogP contribution in [0.1, 0.15) is 0 Å². The van der Waals surface area contributed by atoms with E-state index in [-0.39, 0.29) is 0 Å². The molecule has 1 nitrogen and oxygen atoms in total. The standard InChI is InChI=1S/C46H36B8O/c47-39-35-32(27-16-15-25-17-24(13-14-26(25)18-27)21-7-2-1-3-8-21)36-38(42(50)46(54)44(52)40(36)48)34(37(35)41(49)45(53)43(39)51)28-11-6-12-30-33(28)29-19-22-9-4-5-10-23(22)20-31(29)55-30/h1-20H,47-54H2. The molecule has 0 atom stereocenters. The van der Waals surface area contributed by atoms with Crippen molar-refractivity contribution in [3.05, 3.63) is 121 Å². The van der Waals surface area contributed by atoms with Crippen LogP contribution < -0.4 is 43.7 Å². The molecule has 0 saturated heterocycles. The molecule has 250 valence electrons. The van der Waals surface area contributed by atoms with Gasteiger partial charge in [0.25, 0.3) is 0 Å². The van der Waals surface area contributed by atoms with Crippen LogP contribution in [-0.2, 0) is 0 Å². The molecular weight excluding hydrogens is 655 g/mol. The van der Waals surface area contributed by atoms with Gasteiger partial charge in [-0.15, -0.1) is 21.9 Å². The summed E-state index contributed by atoms with van der Waals surface area (Å²) in [6, 6.07) is 44.5. The zero-order valence-corrected chi connectivity index (χ0v) is 33.0. The second-order valence-corrected chi connectivity index (χ2v) is 15.9. The molecule has 0 aliphatic carbocycles. The van der Waals surface area contributed by atoms with Gasteiger partial charge in [0.15, 0.2) is 0 Å². The minimum absolute atomic E-state index is 0.925. The molecule has 0 bridgehead atoms. The van der Waals surface area contributed by atoms with Gasteiger partial charge in [-0.25, -0.2) is 0 Å². The Labute approximate surface area is 329 Å². The Morgan fingerprint density at radius 3 is 1.40 bits per heavy atom. The van der Waals surface area contributed by atoms with Gasteiger partial charge >= 0.3 is 0 Å². The van der Waals surface area contributed by atoms with Crippen molar-refractivity contribution in [3.63, 3.8) is 0 Å². The number of hydrogen-bond acceptors (Lipinski definition) is 1. The number of rotatable bonds is 3. The SMILES string of the molecule is Bc1c(B)c(B)c2c(-c3cccc4oc5cc6ccccc6cc5c34)c3c(B)c(B)c(B)c(B)c3c(-c3ccc4cc(-c5ccccc5)ccc4c3)c2c1B. The molecule has 1 aromatic heterocycles. The molecule has 9 heteroatoms. The predicted molar refractivity (Wildman–Crippen MR) is 265 cm³/mol. The summed E-state index contributed by atoms with van der Waals surface area (Å²) < 4.78 is 6.71. The monoisotopic (exact) mass is 692 g/mol. The fraction of sp³-hybridized carbons (Fsp3) is 0. The quantitative estimate of drug-likeness (QED) is 0.176. The van der Waals surface area contributed by atoms with Crippen LogP contribution >= 0.6 is 0 Å². The van der Waals surface area contributed by atoms with Gasteiger partial charge in [0.2, 0.25) is 0 Å². The molecule has 0 N–H and O–H groups in total. The van der Waals surface area contributed by atoms with Crippen LogP contribution in [0.15, 0.2) is 126 Å². The van der Waals surface area contributed by atoms with Crippen LogP contribution in [-0.4, -0.2) is 62.8 Å². The first-order chi connectivity index (χ1) is 26.6. The van der Waals surface area contributed by atoms with Crippen molar-refractivity contribution in [2.24, 2.45) is 0 Å². The maximum absolute atomic E-state index is 6.71. The van der Waals surface area contributed by atoms with E-state index in [0.717, 1.165) is 16.6 Å². The fourth-order valence-electron chi connectivity index (χ4n) is 9.61. The summed E-state index contributed by atoms with van der Waals surface area (Å²) >= 11 is 0. The Morgan fingerprint density at radius 2 is 0.800 bits per heavy atom. The van der Waals surface area contributed by atoms with Gasteiger partial charge in [0.05, 0.1) is 0 Å². The molecule has 0 fully saturated rings. The Bertz CT molecular complexity index is 3220. The van der Waals surface area contributed by atoms with Crippen LogP contribution in [0, 0.1) is 0 Å². The fourth-order valence-corrected chi connectivity index (χ4v) is 9.61. The highest BCUT2D eigenvalue weighted by molar-refractivity contribution is 6.71. The number of hydrogen-bond donors (Lipinski definition) is 0. The molecule has 0 aliphatic rings. The zero-order chi connectivity index (χ0) is 37.9. The normalized spacial score (nSPS) is 11.9. The molecule has 55 heavy (non-hydrogen) atoms. The van der Waals surface area contributed by atoms with Gasteiger partial charge < -0.3 is 4.42 Å². The van der Waals surface area contributed by atoms with Crippen LogP contribution in [0.3, 0.4) is 0 Å². The minimum Gasteiger partial charge on any atom is -0.456 e. The van der Waals surface area contributed by atoms with Gasteiger partial charge in [0, 0.05) is 10.8 Å². The molecule has 0 radical (unpaired) electrons. The minimum atomic E-state index is 0.925. The summed E-state index contributed by atoms with van der Waals surface area (Å²) in [5, 5.41) is 12.7. The van der Waals surface area contributed by atoms with E-state index in [1.807, 2.05) is 0 Å². The zero-order valence-electron chi connectivity index (χ0n) is 33.0. The lowest BCUT2D eigenvalue weighted by atomic mass is 9.59. The van der Waals surface area contributed by atoms with E-state index in [4.69, 9.17) is 4.42 Å². The Kier molecular flexibility index (Phi) is 7.66. The highest BCUT2D eigenvalue weighted by Gasteiger charge is 2.27. The molecule has 0 spiro atoms. The van der Waals surface area contributed by atoms with Crippen molar-refractivity contribution in [3.8, 4) is 33.4 Å². The number of fused-ring (bicyclic) bond motifs is 7. The first kappa shape index (κ1) is 33.9. The van der Waals surface area contributed by atoms with Gasteiger partial charge in [-0.05, 0) is 107 Å². The molecule has 1 heterocycles. The van der Waals surface area contributed by atoms with Crippen LogP contribution in [0.4, 0.5) is 0 Å². The summed E-state index contributed by atoms with van der Waals surface area (Å²) in [6.07, 6.45) is 0. The molecule has 10 aromatic rings. The molecule has 0 saturated carbocycles. The molecule has 9 aromatic carbocycles. The summed E-state index contributed by atoms with van der Waals surface area (Å²) in [4.78, 5) is 0. The molecule has 0 aliphatic heterocycles. The maximum atomic E-state index is 6.71. The average molecular weight is 691 g/mol.